The molecule has 1 amide bonds. The van der Waals surface area contributed by atoms with Gasteiger partial charge in [0.1, 0.15) is 0 Å². The van der Waals surface area contributed by atoms with E-state index in [1.54, 1.807) is 54.6 Å². The van der Waals surface area contributed by atoms with Gasteiger partial charge in [-0.1, -0.05) is 46.3 Å². The molecule has 6 nitrogen and oxygen atoms in total. The second-order valence-corrected chi connectivity index (χ2v) is 8.43. The van der Waals surface area contributed by atoms with Crippen LogP contribution in [0.2, 0.25) is 0 Å². The lowest BCUT2D eigenvalue weighted by Crippen LogP contribution is -2.14. The molecule has 0 aliphatic carbocycles. The van der Waals surface area contributed by atoms with Crippen molar-refractivity contribution < 1.29 is 14.5 Å². The van der Waals surface area contributed by atoms with Crippen LogP contribution in [0, 0.1) is 10.1 Å². The summed E-state index contributed by atoms with van der Waals surface area (Å²) in [5.74, 6) is -0.595. The normalized spacial score (nSPS) is 10.7. The van der Waals surface area contributed by atoms with Gasteiger partial charge in [0.2, 0.25) is 0 Å². The van der Waals surface area contributed by atoms with Gasteiger partial charge in [-0.25, -0.2) is 0 Å². The average Bonchev–Trinajstić information content (AvgIpc) is 3.18. The highest BCUT2D eigenvalue weighted by Crippen LogP contribution is 2.30. The molecule has 0 fully saturated rings. The number of rotatable bonds is 5. The Morgan fingerprint density at radius 3 is 2.47 bits per heavy atom. The van der Waals surface area contributed by atoms with E-state index in [-0.39, 0.29) is 17.4 Å². The smallest absolute Gasteiger partial charge is 0.270 e. The molecule has 4 rings (SSSR count). The van der Waals surface area contributed by atoms with Crippen LogP contribution in [0.15, 0.2) is 77.3 Å². The van der Waals surface area contributed by atoms with Gasteiger partial charge in [0.25, 0.3) is 11.6 Å². The Labute approximate surface area is 183 Å². The molecule has 0 aliphatic heterocycles. The van der Waals surface area contributed by atoms with Crippen molar-refractivity contribution in [3.8, 4) is 0 Å². The third-order valence-corrected chi connectivity index (χ3v) is 6.05. The first-order valence-electron chi connectivity index (χ1n) is 8.81. The highest BCUT2D eigenvalue weighted by molar-refractivity contribution is 9.10. The molecule has 0 aliphatic rings. The van der Waals surface area contributed by atoms with Crippen molar-refractivity contribution in [2.24, 2.45) is 0 Å². The van der Waals surface area contributed by atoms with Crippen molar-refractivity contribution in [2.75, 3.05) is 5.32 Å². The molecule has 1 N–H and O–H groups in total. The number of non-ortho nitro benzene ring substituents is 1. The number of fused-ring (bicyclic) bond motifs is 1. The number of hydrogen-bond acceptors (Lipinski definition) is 5. The number of benzene rings is 3. The number of carbonyl (C=O) groups excluding carboxylic acids is 2. The number of thiophene rings is 1. The zero-order valence-corrected chi connectivity index (χ0v) is 17.7. The minimum absolute atomic E-state index is 0.0316. The van der Waals surface area contributed by atoms with Gasteiger partial charge in [-0.15, -0.1) is 11.3 Å². The molecule has 3 aromatic carbocycles. The first kappa shape index (κ1) is 19.9. The van der Waals surface area contributed by atoms with Crippen molar-refractivity contribution in [3.63, 3.8) is 0 Å². The molecule has 0 radical (unpaired) electrons. The van der Waals surface area contributed by atoms with E-state index in [4.69, 9.17) is 0 Å². The number of nitrogens with one attached hydrogen (secondary N) is 1. The molecule has 1 heterocycles. The lowest BCUT2D eigenvalue weighted by molar-refractivity contribution is -0.384. The van der Waals surface area contributed by atoms with Crippen molar-refractivity contribution in [1.82, 2.24) is 0 Å². The summed E-state index contributed by atoms with van der Waals surface area (Å²) in [6.07, 6.45) is 0. The van der Waals surface area contributed by atoms with E-state index in [9.17, 15) is 19.7 Å². The molecular weight excluding hydrogens is 468 g/mol. The topological polar surface area (TPSA) is 89.3 Å². The number of halogens is 1. The van der Waals surface area contributed by atoms with Gasteiger partial charge in [-0.05, 0) is 30.3 Å². The summed E-state index contributed by atoms with van der Waals surface area (Å²) >= 11 is 4.60. The minimum Gasteiger partial charge on any atom is -0.321 e. The largest absolute Gasteiger partial charge is 0.321 e. The zero-order valence-electron chi connectivity index (χ0n) is 15.3. The van der Waals surface area contributed by atoms with Crippen LogP contribution in [0.3, 0.4) is 0 Å². The molecule has 0 spiro atoms. The van der Waals surface area contributed by atoms with Crippen LogP contribution in [0.5, 0.6) is 0 Å². The second-order valence-electron chi connectivity index (χ2n) is 6.43. The van der Waals surface area contributed by atoms with Crippen LogP contribution in [0.25, 0.3) is 10.1 Å². The summed E-state index contributed by atoms with van der Waals surface area (Å²) in [7, 11) is 0. The Morgan fingerprint density at radius 2 is 1.73 bits per heavy atom. The van der Waals surface area contributed by atoms with Gasteiger partial charge in [0.15, 0.2) is 5.78 Å². The molecule has 0 bridgehead atoms. The minimum atomic E-state index is -0.472. The molecule has 1 aromatic heterocycles. The number of anilines is 1. The molecule has 148 valence electrons. The standard InChI is InChI=1S/C22H13BrN2O4S/c23-15-6-8-18(17(12-15)21(26)13-4-2-1-3-5-13)24-22(27)20-11-14-10-16(25(28)29)7-9-19(14)30-20/h1-12H,(H,24,27). The van der Waals surface area contributed by atoms with Gasteiger partial charge >= 0.3 is 0 Å². The molecule has 30 heavy (non-hydrogen) atoms. The Morgan fingerprint density at radius 1 is 0.967 bits per heavy atom. The SMILES string of the molecule is O=C(Nc1ccc(Br)cc1C(=O)c1ccccc1)c1cc2cc([N+](=O)[O-])ccc2s1. The fourth-order valence-corrected chi connectivity index (χ4v) is 4.30. The number of nitro benzene ring substituents is 1. The number of hydrogen-bond donors (Lipinski definition) is 1. The average molecular weight is 481 g/mol. The van der Waals surface area contributed by atoms with E-state index in [0.29, 0.717) is 31.6 Å². The van der Waals surface area contributed by atoms with Crippen LogP contribution in [0.1, 0.15) is 25.6 Å². The van der Waals surface area contributed by atoms with Crippen molar-refractivity contribution in [1.29, 1.82) is 0 Å². The Bertz CT molecular complexity index is 1300. The number of nitro groups is 1. The Hall–Kier alpha value is -3.36. The van der Waals surface area contributed by atoms with Gasteiger partial charge in [0.05, 0.1) is 15.5 Å². The fraction of sp³-hybridized carbons (Fsp3) is 0. The third-order valence-electron chi connectivity index (χ3n) is 4.44. The predicted molar refractivity (Wildman–Crippen MR) is 120 cm³/mol. The molecule has 0 unspecified atom stereocenters. The van der Waals surface area contributed by atoms with E-state index in [1.807, 2.05) is 6.07 Å². The van der Waals surface area contributed by atoms with E-state index in [0.717, 1.165) is 4.70 Å². The van der Waals surface area contributed by atoms with Crippen molar-refractivity contribution in [3.05, 3.63) is 103 Å². The molecule has 8 heteroatoms. The summed E-state index contributed by atoms with van der Waals surface area (Å²) < 4.78 is 1.48. The first-order valence-corrected chi connectivity index (χ1v) is 10.4. The maximum absolute atomic E-state index is 12.9. The number of ketones is 1. The second kappa shape index (κ2) is 8.17. The summed E-state index contributed by atoms with van der Waals surface area (Å²) in [4.78, 5) is 36.7. The van der Waals surface area contributed by atoms with E-state index in [1.165, 1.54) is 23.5 Å². The number of amides is 1. The van der Waals surface area contributed by atoms with Crippen LogP contribution in [0.4, 0.5) is 11.4 Å². The summed E-state index contributed by atoms with van der Waals surface area (Å²) in [5.41, 5.74) is 1.23. The Balaban J connectivity index is 1.66. The maximum atomic E-state index is 12.9. The summed E-state index contributed by atoms with van der Waals surface area (Å²) in [6.45, 7) is 0. The monoisotopic (exact) mass is 480 g/mol. The van der Waals surface area contributed by atoms with Gasteiger partial charge in [-0.3, -0.25) is 19.7 Å². The highest BCUT2D eigenvalue weighted by atomic mass is 79.9. The fourth-order valence-electron chi connectivity index (χ4n) is 3.00. The molecule has 0 saturated carbocycles. The highest BCUT2D eigenvalue weighted by Gasteiger charge is 2.18. The van der Waals surface area contributed by atoms with Crippen LogP contribution >= 0.6 is 27.3 Å². The van der Waals surface area contributed by atoms with Crippen molar-refractivity contribution in [2.45, 2.75) is 0 Å². The molecule has 0 atom stereocenters. The molecule has 0 saturated heterocycles. The van der Waals surface area contributed by atoms with Crippen LogP contribution in [-0.2, 0) is 0 Å². The van der Waals surface area contributed by atoms with E-state index < -0.39 is 4.92 Å². The number of nitrogens with zero attached hydrogens (tertiary/aromatic N) is 1. The van der Waals surface area contributed by atoms with Gasteiger partial charge in [-0.2, -0.15) is 0 Å². The van der Waals surface area contributed by atoms with Gasteiger partial charge in [0, 0.05) is 37.8 Å². The third kappa shape index (κ3) is 4.00. The number of carbonyl (C=O) groups is 2. The quantitative estimate of drug-likeness (QED) is 0.213. The summed E-state index contributed by atoms with van der Waals surface area (Å²) in [5, 5.41) is 14.4. The lowest BCUT2D eigenvalue weighted by Gasteiger charge is -2.10. The van der Waals surface area contributed by atoms with Crippen molar-refractivity contribution >= 4 is 60.4 Å². The Kier molecular flexibility index (Phi) is 5.43. The van der Waals surface area contributed by atoms with E-state index in [2.05, 4.69) is 21.2 Å². The summed E-state index contributed by atoms with van der Waals surface area (Å²) in [6, 6.07) is 20.0. The lowest BCUT2D eigenvalue weighted by atomic mass is 10.0. The first-order chi connectivity index (χ1) is 14.4. The zero-order chi connectivity index (χ0) is 21.3. The maximum Gasteiger partial charge on any atom is 0.270 e. The molecule has 4 aromatic rings. The molecular formula is C22H13BrN2O4S. The van der Waals surface area contributed by atoms with Gasteiger partial charge < -0.3 is 5.32 Å². The van der Waals surface area contributed by atoms with Crippen LogP contribution < -0.4 is 5.32 Å². The predicted octanol–water partition coefficient (Wildman–Crippen LogP) is 6.06. The van der Waals surface area contributed by atoms with Crippen LogP contribution in [-0.4, -0.2) is 16.6 Å². The van der Waals surface area contributed by atoms with E-state index >= 15 is 0 Å².